The van der Waals surface area contributed by atoms with Crippen LogP contribution in [0.25, 0.3) is 11.1 Å². The van der Waals surface area contributed by atoms with Crippen LogP contribution in [0.1, 0.15) is 23.5 Å². The molecule has 2 aliphatic rings. The fraction of sp³-hybridized carbons (Fsp3) is 0.304. The Labute approximate surface area is 169 Å². The van der Waals surface area contributed by atoms with Gasteiger partial charge in [0.2, 0.25) is 0 Å². The van der Waals surface area contributed by atoms with Crippen molar-refractivity contribution in [1.82, 2.24) is 5.32 Å². The molecule has 0 unspecified atom stereocenters. The lowest BCUT2D eigenvalue weighted by Crippen LogP contribution is -2.61. The number of carboxylic acid groups (broad SMARTS) is 1. The van der Waals surface area contributed by atoms with Crippen LogP contribution in [0.4, 0.5) is 4.79 Å². The van der Waals surface area contributed by atoms with Crippen molar-refractivity contribution in [3.63, 3.8) is 0 Å². The molecule has 2 N–H and O–H groups in total. The molecule has 150 valence electrons. The van der Waals surface area contributed by atoms with Crippen molar-refractivity contribution >= 4 is 12.1 Å². The van der Waals surface area contributed by atoms with Crippen LogP contribution in [-0.2, 0) is 14.3 Å². The number of allylic oxidation sites excluding steroid dienone is 1. The molecule has 6 nitrogen and oxygen atoms in total. The lowest BCUT2D eigenvalue weighted by Gasteiger charge is -2.44. The van der Waals surface area contributed by atoms with Crippen LogP contribution in [-0.4, -0.2) is 43.0 Å². The van der Waals surface area contributed by atoms with Crippen LogP contribution < -0.4 is 5.32 Å². The number of nitrogens with one attached hydrogen (secondary N) is 1. The van der Waals surface area contributed by atoms with E-state index in [1.54, 1.807) is 6.08 Å². The Balaban J connectivity index is 1.47. The quantitative estimate of drug-likeness (QED) is 0.703. The molecular formula is C23H23NO5. The monoisotopic (exact) mass is 393 g/mol. The number of carboxylic acids is 1. The van der Waals surface area contributed by atoms with Crippen molar-refractivity contribution in [2.45, 2.75) is 18.4 Å². The first kappa shape index (κ1) is 19.2. The van der Waals surface area contributed by atoms with E-state index in [1.807, 2.05) is 36.4 Å². The number of benzene rings is 2. The molecule has 1 aliphatic carbocycles. The molecule has 2 aromatic carbocycles. The van der Waals surface area contributed by atoms with Crippen LogP contribution >= 0.6 is 0 Å². The fourth-order valence-electron chi connectivity index (χ4n) is 4.29. The third kappa shape index (κ3) is 3.40. The zero-order valence-corrected chi connectivity index (χ0v) is 16.0. The minimum Gasteiger partial charge on any atom is -0.480 e. The van der Waals surface area contributed by atoms with Gasteiger partial charge in [0.1, 0.15) is 12.6 Å². The number of carbonyl (C=O) groups excluding carboxylic acids is 1. The van der Waals surface area contributed by atoms with Crippen LogP contribution in [0.5, 0.6) is 0 Å². The highest BCUT2D eigenvalue weighted by Crippen LogP contribution is 2.44. The summed E-state index contributed by atoms with van der Waals surface area (Å²) in [5, 5.41) is 12.2. The Morgan fingerprint density at radius 2 is 1.76 bits per heavy atom. The Bertz CT molecular complexity index is 904. The zero-order valence-electron chi connectivity index (χ0n) is 16.0. The maximum absolute atomic E-state index is 12.5. The number of hydrogen-bond acceptors (Lipinski definition) is 4. The van der Waals surface area contributed by atoms with E-state index in [0.717, 1.165) is 22.3 Å². The Hall–Kier alpha value is -3.12. The SMILES string of the molecule is C=CCC1([C@H](NC(=O)OCC2c3ccccc3-c3ccccc32)C(=O)O)COC1. The number of ether oxygens (including phenoxy) is 2. The molecule has 1 amide bonds. The van der Waals surface area contributed by atoms with Gasteiger partial charge < -0.3 is 19.9 Å². The predicted octanol–water partition coefficient (Wildman–Crippen LogP) is 3.57. The highest BCUT2D eigenvalue weighted by Gasteiger charge is 2.49. The van der Waals surface area contributed by atoms with Crippen molar-refractivity contribution in [3.05, 3.63) is 72.3 Å². The molecule has 0 saturated carbocycles. The van der Waals surface area contributed by atoms with E-state index in [2.05, 4.69) is 24.0 Å². The molecule has 6 heteroatoms. The molecular weight excluding hydrogens is 370 g/mol. The molecule has 1 saturated heterocycles. The van der Waals surface area contributed by atoms with Gasteiger partial charge in [-0.2, -0.15) is 0 Å². The Kier molecular flexibility index (Phi) is 5.11. The Morgan fingerprint density at radius 3 is 2.24 bits per heavy atom. The summed E-state index contributed by atoms with van der Waals surface area (Å²) in [6, 6.07) is 15.0. The van der Waals surface area contributed by atoms with E-state index in [-0.39, 0.29) is 25.7 Å². The summed E-state index contributed by atoms with van der Waals surface area (Å²) in [6.45, 7) is 4.35. The maximum atomic E-state index is 12.5. The van der Waals surface area contributed by atoms with Crippen LogP contribution in [0, 0.1) is 5.41 Å². The number of amides is 1. The van der Waals surface area contributed by atoms with Crippen molar-refractivity contribution in [2.24, 2.45) is 5.41 Å². The van der Waals surface area contributed by atoms with Gasteiger partial charge in [-0.3, -0.25) is 0 Å². The molecule has 4 rings (SSSR count). The van der Waals surface area contributed by atoms with Crippen LogP contribution in [0.15, 0.2) is 61.2 Å². The number of fused-ring (bicyclic) bond motifs is 3. The smallest absolute Gasteiger partial charge is 0.407 e. The summed E-state index contributed by atoms with van der Waals surface area (Å²) in [4.78, 5) is 24.2. The van der Waals surface area contributed by atoms with Crippen molar-refractivity contribution in [1.29, 1.82) is 0 Å². The van der Waals surface area contributed by atoms with E-state index in [9.17, 15) is 14.7 Å². The molecule has 2 aromatic rings. The summed E-state index contributed by atoms with van der Waals surface area (Å²) >= 11 is 0. The highest BCUT2D eigenvalue weighted by atomic mass is 16.5. The second-order valence-electron chi connectivity index (χ2n) is 7.59. The average Bonchev–Trinajstić information content (AvgIpc) is 3.01. The zero-order chi connectivity index (χ0) is 20.4. The summed E-state index contributed by atoms with van der Waals surface area (Å²) in [7, 11) is 0. The van der Waals surface area contributed by atoms with Gasteiger partial charge in [-0.15, -0.1) is 6.58 Å². The topological polar surface area (TPSA) is 84.9 Å². The molecule has 1 atom stereocenters. The molecule has 29 heavy (non-hydrogen) atoms. The van der Waals surface area contributed by atoms with Crippen LogP contribution in [0.3, 0.4) is 0 Å². The van der Waals surface area contributed by atoms with Gasteiger partial charge in [0.15, 0.2) is 0 Å². The predicted molar refractivity (Wildman–Crippen MR) is 108 cm³/mol. The first-order chi connectivity index (χ1) is 14.1. The molecule has 1 aliphatic heterocycles. The normalized spacial score (nSPS) is 17.4. The van der Waals surface area contributed by atoms with Crippen LogP contribution in [0.2, 0.25) is 0 Å². The minimum absolute atomic E-state index is 0.0781. The summed E-state index contributed by atoms with van der Waals surface area (Å²) in [5.74, 6) is -1.19. The second-order valence-corrected chi connectivity index (χ2v) is 7.59. The molecule has 0 aromatic heterocycles. The van der Waals surface area contributed by atoms with Gasteiger partial charge in [0.25, 0.3) is 0 Å². The van der Waals surface area contributed by atoms with E-state index >= 15 is 0 Å². The van der Waals surface area contributed by atoms with Crippen molar-refractivity contribution in [2.75, 3.05) is 19.8 Å². The number of hydrogen-bond donors (Lipinski definition) is 2. The number of alkyl carbamates (subject to hydrolysis) is 1. The average molecular weight is 393 g/mol. The summed E-state index contributed by atoms with van der Waals surface area (Å²) < 4.78 is 10.7. The lowest BCUT2D eigenvalue weighted by atomic mass is 9.75. The number of rotatable bonds is 7. The van der Waals surface area contributed by atoms with Gasteiger partial charge in [0, 0.05) is 5.92 Å². The van der Waals surface area contributed by atoms with Gasteiger partial charge in [-0.05, 0) is 28.7 Å². The lowest BCUT2D eigenvalue weighted by molar-refractivity contribution is -0.164. The third-order valence-electron chi connectivity index (χ3n) is 5.80. The number of aliphatic carboxylic acids is 1. The second kappa shape index (κ2) is 7.72. The van der Waals surface area contributed by atoms with Gasteiger partial charge in [-0.25, -0.2) is 9.59 Å². The van der Waals surface area contributed by atoms with Crippen molar-refractivity contribution in [3.8, 4) is 11.1 Å². The van der Waals surface area contributed by atoms with E-state index in [0.29, 0.717) is 6.42 Å². The van der Waals surface area contributed by atoms with Crippen molar-refractivity contribution < 1.29 is 24.2 Å². The molecule has 0 bridgehead atoms. The highest BCUT2D eigenvalue weighted by molar-refractivity contribution is 5.82. The molecule has 1 heterocycles. The van der Waals surface area contributed by atoms with E-state index < -0.39 is 23.5 Å². The fourth-order valence-corrected chi connectivity index (χ4v) is 4.29. The third-order valence-corrected chi connectivity index (χ3v) is 5.80. The summed E-state index contributed by atoms with van der Waals surface area (Å²) in [5.41, 5.74) is 3.80. The first-order valence-corrected chi connectivity index (χ1v) is 9.59. The van der Waals surface area contributed by atoms with Gasteiger partial charge >= 0.3 is 12.1 Å². The van der Waals surface area contributed by atoms with E-state index in [4.69, 9.17) is 9.47 Å². The first-order valence-electron chi connectivity index (χ1n) is 9.59. The Morgan fingerprint density at radius 1 is 1.17 bits per heavy atom. The molecule has 0 radical (unpaired) electrons. The summed E-state index contributed by atoms with van der Waals surface area (Å²) in [6.07, 6.45) is 1.35. The standard InChI is InChI=1S/C23H23NO5/c1-2-11-23(13-28-14-23)20(21(25)26)24-22(27)29-12-19-17-9-5-3-7-15(17)16-8-4-6-10-18(16)19/h2-10,19-20H,1,11-14H2,(H,24,27)(H,25,26)/t20-/m1/s1. The minimum atomic E-state index is -1.11. The largest absolute Gasteiger partial charge is 0.480 e. The maximum Gasteiger partial charge on any atom is 0.407 e. The number of carbonyl (C=O) groups is 2. The van der Waals surface area contributed by atoms with Gasteiger partial charge in [0.05, 0.1) is 18.6 Å². The van der Waals surface area contributed by atoms with E-state index in [1.165, 1.54) is 0 Å². The molecule has 1 fully saturated rings. The van der Waals surface area contributed by atoms with Gasteiger partial charge in [-0.1, -0.05) is 54.6 Å². The molecule has 0 spiro atoms.